The number of Topliss-reactive ketones (excluding diaryl/α,β-unsaturated/α-hetero) is 2. The van der Waals surface area contributed by atoms with Crippen LogP contribution in [0.15, 0.2) is 22.5 Å². The Kier molecular flexibility index (Phi) is 6.69. The van der Waals surface area contributed by atoms with Gasteiger partial charge in [0.25, 0.3) is 0 Å². The molecule has 1 aliphatic carbocycles. The molecule has 0 fully saturated rings. The Morgan fingerprint density at radius 1 is 0.900 bits per heavy atom. The van der Waals surface area contributed by atoms with Gasteiger partial charge in [0.05, 0.1) is 7.11 Å². The first-order valence-electron chi connectivity index (χ1n) is 7.37. The zero-order chi connectivity index (χ0) is 15.1. The number of ether oxygens (including phenoxy) is 1. The van der Waals surface area contributed by atoms with E-state index in [0.717, 1.165) is 32.1 Å². The average Bonchev–Trinajstić information content (AvgIpc) is 2.44. The zero-order valence-electron chi connectivity index (χ0n) is 12.9. The summed E-state index contributed by atoms with van der Waals surface area (Å²) in [6, 6.07) is 0. The smallest absolute Gasteiger partial charge is 0.224 e. The Morgan fingerprint density at radius 2 is 1.50 bits per heavy atom. The summed E-state index contributed by atoms with van der Waals surface area (Å²) in [4.78, 5) is 24.4. The van der Waals surface area contributed by atoms with Crippen LogP contribution in [0.4, 0.5) is 0 Å². The third-order valence-corrected chi connectivity index (χ3v) is 3.84. The van der Waals surface area contributed by atoms with E-state index in [2.05, 4.69) is 6.92 Å². The van der Waals surface area contributed by atoms with Crippen molar-refractivity contribution in [3.63, 3.8) is 0 Å². The number of hydrogen-bond donors (Lipinski definition) is 0. The van der Waals surface area contributed by atoms with E-state index in [0.29, 0.717) is 23.1 Å². The third kappa shape index (κ3) is 3.81. The van der Waals surface area contributed by atoms with Gasteiger partial charge in [-0.15, -0.1) is 0 Å². The van der Waals surface area contributed by atoms with Gasteiger partial charge in [-0.1, -0.05) is 39.0 Å². The minimum atomic E-state index is -0.111. The fourth-order valence-corrected chi connectivity index (χ4v) is 2.55. The second-order valence-electron chi connectivity index (χ2n) is 5.29. The van der Waals surface area contributed by atoms with Crippen LogP contribution in [0.5, 0.6) is 0 Å². The predicted molar refractivity (Wildman–Crippen MR) is 80.1 cm³/mol. The molecule has 0 aromatic rings. The van der Waals surface area contributed by atoms with Gasteiger partial charge in [0.15, 0.2) is 11.5 Å². The lowest BCUT2D eigenvalue weighted by Crippen LogP contribution is -2.23. The van der Waals surface area contributed by atoms with Crippen molar-refractivity contribution in [2.45, 2.75) is 58.8 Å². The quantitative estimate of drug-likeness (QED) is 0.498. The van der Waals surface area contributed by atoms with Crippen LogP contribution >= 0.6 is 0 Å². The lowest BCUT2D eigenvalue weighted by molar-refractivity contribution is -0.118. The van der Waals surface area contributed by atoms with Gasteiger partial charge in [0.2, 0.25) is 5.78 Å². The molecule has 1 aliphatic rings. The Morgan fingerprint density at radius 3 is 2.10 bits per heavy atom. The molecule has 0 atom stereocenters. The van der Waals surface area contributed by atoms with Crippen LogP contribution in [-0.4, -0.2) is 18.7 Å². The average molecular weight is 277 g/mol. The van der Waals surface area contributed by atoms with Crippen molar-refractivity contribution < 1.29 is 14.3 Å². The second-order valence-corrected chi connectivity index (χ2v) is 5.29. The van der Waals surface area contributed by atoms with Crippen molar-refractivity contribution >= 4 is 11.6 Å². The molecule has 0 unspecified atom stereocenters. The highest BCUT2D eigenvalue weighted by molar-refractivity contribution is 6.23. The monoisotopic (exact) mass is 277 g/mol. The van der Waals surface area contributed by atoms with Crippen molar-refractivity contribution in [2.75, 3.05) is 7.11 Å². The molecule has 0 aromatic heterocycles. The number of carbonyl (C=O) groups excluding carboxylic acids is 2. The summed E-state index contributed by atoms with van der Waals surface area (Å²) in [6.45, 7) is 7.22. The number of unbranched alkanes of at least 4 members (excludes halogenated alkanes) is 5. The normalized spacial score (nSPS) is 16.2. The van der Waals surface area contributed by atoms with E-state index >= 15 is 0 Å². The Hall–Kier alpha value is -1.38. The third-order valence-electron chi connectivity index (χ3n) is 3.84. The molecule has 0 bridgehead atoms. The van der Waals surface area contributed by atoms with Gasteiger partial charge in [-0.3, -0.25) is 9.59 Å². The lowest BCUT2D eigenvalue weighted by Gasteiger charge is -2.19. The largest absolute Gasteiger partial charge is 0.492 e. The fraction of sp³-hybridized carbons (Fsp3) is 0.588. The highest BCUT2D eigenvalue weighted by atomic mass is 16.5. The standard InChI is InChI=1S/C17H25O3/c1-5-6-7-8-9-10-11-14-12(2)15(18)13(3)17(20-4)16(14)19/h1,5-11H2,2-4H3. The number of allylic oxidation sites excluding steroid dienone is 3. The topological polar surface area (TPSA) is 43.4 Å². The minimum Gasteiger partial charge on any atom is -0.492 e. The SMILES string of the molecule is [CH2]CCCCCCCC1=C(C)C(=O)C(C)=C(OC)C1=O. The highest BCUT2D eigenvalue weighted by Gasteiger charge is 2.30. The molecule has 0 N–H and O–H groups in total. The fourth-order valence-electron chi connectivity index (χ4n) is 2.55. The van der Waals surface area contributed by atoms with E-state index in [4.69, 9.17) is 4.74 Å². The number of hydrogen-bond acceptors (Lipinski definition) is 3. The molecule has 111 valence electrons. The molecule has 1 radical (unpaired) electrons. The van der Waals surface area contributed by atoms with Gasteiger partial charge < -0.3 is 4.74 Å². The van der Waals surface area contributed by atoms with E-state index in [1.54, 1.807) is 13.8 Å². The summed E-state index contributed by atoms with van der Waals surface area (Å²) in [5.74, 6) is 0.0426. The summed E-state index contributed by atoms with van der Waals surface area (Å²) in [7, 11) is 1.45. The number of methoxy groups -OCH3 is 1. The van der Waals surface area contributed by atoms with Crippen LogP contribution in [-0.2, 0) is 14.3 Å². The summed E-state index contributed by atoms with van der Waals surface area (Å²) in [5.41, 5.74) is 1.65. The molecule has 3 nitrogen and oxygen atoms in total. The van der Waals surface area contributed by atoms with Gasteiger partial charge >= 0.3 is 0 Å². The lowest BCUT2D eigenvalue weighted by atomic mass is 9.87. The van der Waals surface area contributed by atoms with Crippen LogP contribution in [0, 0.1) is 6.92 Å². The summed E-state index contributed by atoms with van der Waals surface area (Å²) < 4.78 is 5.09. The maximum atomic E-state index is 12.3. The molecule has 20 heavy (non-hydrogen) atoms. The molecular formula is C17H25O3. The van der Waals surface area contributed by atoms with E-state index in [1.807, 2.05) is 0 Å². The molecule has 0 saturated carbocycles. The van der Waals surface area contributed by atoms with Crippen LogP contribution in [0.25, 0.3) is 0 Å². The van der Waals surface area contributed by atoms with Crippen molar-refractivity contribution in [3.8, 4) is 0 Å². The number of ketones is 2. The zero-order valence-corrected chi connectivity index (χ0v) is 12.9. The molecule has 1 rings (SSSR count). The van der Waals surface area contributed by atoms with Gasteiger partial charge in [-0.2, -0.15) is 0 Å². The van der Waals surface area contributed by atoms with Crippen LogP contribution < -0.4 is 0 Å². The summed E-state index contributed by atoms with van der Waals surface area (Å²) in [6.07, 6.45) is 7.20. The van der Waals surface area contributed by atoms with Gasteiger partial charge in [-0.05, 0) is 26.7 Å². The van der Waals surface area contributed by atoms with E-state index < -0.39 is 0 Å². The van der Waals surface area contributed by atoms with E-state index in [9.17, 15) is 9.59 Å². The Balaban J connectivity index is 2.61. The number of carbonyl (C=O) groups is 2. The van der Waals surface area contributed by atoms with Gasteiger partial charge in [0, 0.05) is 16.7 Å². The molecule has 3 heteroatoms. The molecular weight excluding hydrogens is 252 g/mol. The first kappa shape index (κ1) is 16.7. The van der Waals surface area contributed by atoms with Gasteiger partial charge in [0.1, 0.15) is 0 Å². The first-order valence-corrected chi connectivity index (χ1v) is 7.37. The Labute approximate surface area is 122 Å². The summed E-state index contributed by atoms with van der Waals surface area (Å²) >= 11 is 0. The molecule has 0 spiro atoms. The molecule has 0 saturated heterocycles. The molecule has 0 amide bonds. The minimum absolute atomic E-state index is 0.0616. The Bertz CT molecular complexity index is 441. The van der Waals surface area contributed by atoms with E-state index in [-0.39, 0.29) is 17.3 Å². The maximum Gasteiger partial charge on any atom is 0.224 e. The predicted octanol–water partition coefficient (Wildman–Crippen LogP) is 3.94. The van der Waals surface area contributed by atoms with E-state index in [1.165, 1.54) is 13.5 Å². The van der Waals surface area contributed by atoms with Crippen molar-refractivity contribution in [3.05, 3.63) is 29.4 Å². The molecule has 0 aromatic carbocycles. The first-order chi connectivity index (χ1) is 9.54. The molecule has 0 aliphatic heterocycles. The number of rotatable bonds is 8. The van der Waals surface area contributed by atoms with Crippen LogP contribution in [0.1, 0.15) is 58.8 Å². The van der Waals surface area contributed by atoms with Crippen molar-refractivity contribution in [2.24, 2.45) is 0 Å². The molecule has 0 heterocycles. The summed E-state index contributed by atoms with van der Waals surface area (Å²) in [5, 5.41) is 0. The maximum absolute atomic E-state index is 12.3. The van der Waals surface area contributed by atoms with Crippen LogP contribution in [0.3, 0.4) is 0 Å². The van der Waals surface area contributed by atoms with Gasteiger partial charge in [-0.25, -0.2) is 0 Å². The highest BCUT2D eigenvalue weighted by Crippen LogP contribution is 2.28. The second kappa shape index (κ2) is 8.03. The van der Waals surface area contributed by atoms with Crippen LogP contribution in [0.2, 0.25) is 0 Å². The van der Waals surface area contributed by atoms with Crippen molar-refractivity contribution in [1.29, 1.82) is 0 Å². The van der Waals surface area contributed by atoms with Crippen molar-refractivity contribution in [1.82, 2.24) is 0 Å².